The molecule has 0 saturated heterocycles. The second kappa shape index (κ2) is 2.68. The van der Waals surface area contributed by atoms with Crippen molar-refractivity contribution in [1.82, 2.24) is 0 Å². The Labute approximate surface area is 60.0 Å². The molecule has 0 amide bonds. The molecule has 0 radical (unpaired) electrons. The van der Waals surface area contributed by atoms with Crippen LogP contribution in [0.4, 0.5) is 11.4 Å². The molecule has 6 N–H and O–H groups in total. The number of anilines is 1. The summed E-state index contributed by atoms with van der Waals surface area (Å²) in [5.41, 5.74) is 9.92. The zero-order valence-corrected chi connectivity index (χ0v) is 5.96. The quantitative estimate of drug-likeness (QED) is 0.282. The molecule has 1 rings (SSSR count). The van der Waals surface area contributed by atoms with Crippen LogP contribution in [0.15, 0.2) is 18.2 Å². The molecule has 1 aromatic rings. The van der Waals surface area contributed by atoms with Crippen LogP contribution in [0.5, 0.6) is 0 Å². The van der Waals surface area contributed by atoms with E-state index in [1.165, 1.54) is 5.43 Å². The third-order valence-corrected chi connectivity index (χ3v) is 1.42. The van der Waals surface area contributed by atoms with E-state index < -0.39 is 0 Å². The molecular formula is C7H12N3+. The van der Waals surface area contributed by atoms with Gasteiger partial charge in [-0.3, -0.25) is 0 Å². The zero-order chi connectivity index (χ0) is 7.56. The Balaban J connectivity index is 3.07. The molecule has 0 atom stereocenters. The number of rotatable bonds is 1. The lowest BCUT2D eigenvalue weighted by Gasteiger charge is -1.98. The number of aryl methyl sites for hydroxylation is 1. The fraction of sp³-hybridized carbons (Fsp3) is 0.143. The normalized spacial score (nSPS) is 9.80. The van der Waals surface area contributed by atoms with Crippen LogP contribution >= 0.6 is 0 Å². The van der Waals surface area contributed by atoms with E-state index in [0.717, 1.165) is 16.9 Å². The van der Waals surface area contributed by atoms with Gasteiger partial charge < -0.3 is 5.73 Å². The molecule has 0 fully saturated rings. The SMILES string of the molecule is Cc1ccc([NH2+]N)c(N)c1. The van der Waals surface area contributed by atoms with E-state index in [1.54, 1.807) is 0 Å². The van der Waals surface area contributed by atoms with Gasteiger partial charge in [0, 0.05) is 6.07 Å². The first-order valence-electron chi connectivity index (χ1n) is 3.15. The molecule has 0 aromatic heterocycles. The Morgan fingerprint density at radius 2 is 2.10 bits per heavy atom. The molecule has 0 aliphatic rings. The van der Waals surface area contributed by atoms with Crippen molar-refractivity contribution in [3.8, 4) is 0 Å². The predicted molar refractivity (Wildman–Crippen MR) is 41.4 cm³/mol. The maximum Gasteiger partial charge on any atom is 0.171 e. The largest absolute Gasteiger partial charge is 0.394 e. The fourth-order valence-electron chi connectivity index (χ4n) is 0.846. The van der Waals surface area contributed by atoms with Crippen molar-refractivity contribution in [3.63, 3.8) is 0 Å². The van der Waals surface area contributed by atoms with Gasteiger partial charge >= 0.3 is 0 Å². The summed E-state index contributed by atoms with van der Waals surface area (Å²) >= 11 is 0. The monoisotopic (exact) mass is 138 g/mol. The van der Waals surface area contributed by atoms with Crippen molar-refractivity contribution in [3.05, 3.63) is 23.8 Å². The molecule has 0 unspecified atom stereocenters. The van der Waals surface area contributed by atoms with E-state index in [2.05, 4.69) is 0 Å². The lowest BCUT2D eigenvalue weighted by atomic mass is 10.2. The molecule has 0 aliphatic carbocycles. The van der Waals surface area contributed by atoms with Crippen molar-refractivity contribution in [2.75, 3.05) is 5.73 Å². The van der Waals surface area contributed by atoms with Crippen molar-refractivity contribution < 1.29 is 5.43 Å². The van der Waals surface area contributed by atoms with Crippen molar-refractivity contribution in [2.24, 2.45) is 5.84 Å². The summed E-state index contributed by atoms with van der Waals surface area (Å²) < 4.78 is 0. The number of hydrogen-bond donors (Lipinski definition) is 3. The number of benzene rings is 1. The Morgan fingerprint density at radius 3 is 2.60 bits per heavy atom. The van der Waals surface area contributed by atoms with Crippen molar-refractivity contribution in [1.29, 1.82) is 0 Å². The molecule has 0 saturated carbocycles. The van der Waals surface area contributed by atoms with Gasteiger partial charge in [0.15, 0.2) is 5.69 Å². The van der Waals surface area contributed by atoms with E-state index in [-0.39, 0.29) is 0 Å². The van der Waals surface area contributed by atoms with Gasteiger partial charge in [0.05, 0.1) is 5.69 Å². The average molecular weight is 138 g/mol. The van der Waals surface area contributed by atoms with Gasteiger partial charge in [-0.1, -0.05) is 6.07 Å². The number of nitrogen functional groups attached to an aromatic ring is 1. The molecule has 54 valence electrons. The Bertz CT molecular complexity index is 232. The molecule has 0 heterocycles. The highest BCUT2D eigenvalue weighted by Crippen LogP contribution is 2.13. The van der Waals surface area contributed by atoms with E-state index in [1.807, 2.05) is 25.1 Å². The topological polar surface area (TPSA) is 68.6 Å². The van der Waals surface area contributed by atoms with Crippen LogP contribution < -0.4 is 17.0 Å². The standard InChI is InChI=1S/C7H11N3/c1-5-2-3-7(10-9)6(8)4-5/h2-4,10H,8-9H2,1H3/p+1. The lowest BCUT2D eigenvalue weighted by molar-refractivity contribution is -0.583. The van der Waals surface area contributed by atoms with Gasteiger partial charge in [0.1, 0.15) is 0 Å². The van der Waals surface area contributed by atoms with Crippen LogP contribution in [0.25, 0.3) is 0 Å². The first kappa shape index (κ1) is 7.05. The first-order chi connectivity index (χ1) is 4.74. The van der Waals surface area contributed by atoms with E-state index in [4.69, 9.17) is 11.6 Å². The maximum absolute atomic E-state index is 5.62. The van der Waals surface area contributed by atoms with Crippen LogP contribution in [-0.2, 0) is 0 Å². The molecule has 3 nitrogen and oxygen atoms in total. The van der Waals surface area contributed by atoms with Crippen LogP contribution in [0.1, 0.15) is 5.56 Å². The van der Waals surface area contributed by atoms with Gasteiger partial charge in [-0.25, -0.2) is 5.43 Å². The molecule has 10 heavy (non-hydrogen) atoms. The van der Waals surface area contributed by atoms with Crippen LogP contribution in [0.3, 0.4) is 0 Å². The minimum atomic E-state index is 0.738. The van der Waals surface area contributed by atoms with Gasteiger partial charge in [0.25, 0.3) is 0 Å². The van der Waals surface area contributed by atoms with E-state index >= 15 is 0 Å². The first-order valence-corrected chi connectivity index (χ1v) is 3.15. The maximum atomic E-state index is 5.62. The highest BCUT2D eigenvalue weighted by molar-refractivity contribution is 5.58. The zero-order valence-electron chi connectivity index (χ0n) is 5.96. The van der Waals surface area contributed by atoms with Crippen LogP contribution in [0, 0.1) is 6.92 Å². The van der Waals surface area contributed by atoms with Gasteiger partial charge in [-0.2, -0.15) is 5.84 Å². The summed E-state index contributed by atoms with van der Waals surface area (Å²) in [6, 6.07) is 5.79. The van der Waals surface area contributed by atoms with Crippen molar-refractivity contribution in [2.45, 2.75) is 6.92 Å². The van der Waals surface area contributed by atoms with Crippen molar-refractivity contribution >= 4 is 11.4 Å². The minimum absolute atomic E-state index is 0.738. The van der Waals surface area contributed by atoms with Gasteiger partial charge in [0.2, 0.25) is 0 Å². The third kappa shape index (κ3) is 1.26. The predicted octanol–water partition coefficient (Wildman–Crippen LogP) is -0.354. The van der Waals surface area contributed by atoms with Gasteiger partial charge in [-0.15, -0.1) is 0 Å². The minimum Gasteiger partial charge on any atom is -0.394 e. The van der Waals surface area contributed by atoms with Crippen LogP contribution in [-0.4, -0.2) is 0 Å². The molecule has 0 spiro atoms. The highest BCUT2D eigenvalue weighted by atomic mass is 15.2. The highest BCUT2D eigenvalue weighted by Gasteiger charge is 1.98. The molecule has 1 aromatic carbocycles. The summed E-state index contributed by atoms with van der Waals surface area (Å²) in [7, 11) is 0. The number of quaternary nitrogens is 1. The fourth-order valence-corrected chi connectivity index (χ4v) is 0.846. The molecular weight excluding hydrogens is 126 g/mol. The van der Waals surface area contributed by atoms with Crippen LogP contribution in [0.2, 0.25) is 0 Å². The Morgan fingerprint density at radius 1 is 1.40 bits per heavy atom. The van der Waals surface area contributed by atoms with E-state index in [9.17, 15) is 0 Å². The Hall–Kier alpha value is -1.06. The summed E-state index contributed by atoms with van der Waals surface area (Å²) in [4.78, 5) is 0. The summed E-state index contributed by atoms with van der Waals surface area (Å²) in [5, 5.41) is 0. The number of hydrogen-bond acceptors (Lipinski definition) is 2. The summed E-state index contributed by atoms with van der Waals surface area (Å²) in [6.07, 6.45) is 0. The molecule has 0 bridgehead atoms. The summed E-state index contributed by atoms with van der Waals surface area (Å²) in [5.74, 6) is 5.30. The smallest absolute Gasteiger partial charge is 0.171 e. The summed E-state index contributed by atoms with van der Waals surface area (Å²) in [6.45, 7) is 2.00. The second-order valence-corrected chi connectivity index (χ2v) is 2.30. The number of nitrogens with two attached hydrogens (primary N) is 3. The third-order valence-electron chi connectivity index (χ3n) is 1.42. The molecule has 0 aliphatic heterocycles. The second-order valence-electron chi connectivity index (χ2n) is 2.30. The van der Waals surface area contributed by atoms with Gasteiger partial charge in [-0.05, 0) is 18.6 Å². The van der Waals surface area contributed by atoms with E-state index in [0.29, 0.717) is 0 Å². The average Bonchev–Trinajstić information content (AvgIpc) is 1.88. The Kier molecular flexibility index (Phi) is 1.89. The molecule has 3 heteroatoms. The lowest BCUT2D eigenvalue weighted by Crippen LogP contribution is -2.85.